The summed E-state index contributed by atoms with van der Waals surface area (Å²) in [5.41, 5.74) is -2.28. The van der Waals surface area contributed by atoms with Crippen molar-refractivity contribution < 1.29 is 18.1 Å². The van der Waals surface area contributed by atoms with E-state index in [0.29, 0.717) is 11.6 Å². The Balaban J connectivity index is 2.30. The Bertz CT molecular complexity index is 1060. The molecule has 0 amide bonds. The number of nitro groups is 1. The third-order valence-corrected chi connectivity index (χ3v) is 4.75. The summed E-state index contributed by atoms with van der Waals surface area (Å²) in [5.74, 6) is 0. The van der Waals surface area contributed by atoms with Gasteiger partial charge in [-0.1, -0.05) is 60.7 Å². The quantitative estimate of drug-likeness (QED) is 0.412. The summed E-state index contributed by atoms with van der Waals surface area (Å²) in [7, 11) is 0. The highest BCUT2D eigenvalue weighted by molar-refractivity contribution is 5.58. The predicted octanol–water partition coefficient (Wildman–Crippen LogP) is 5.67. The molecular weight excluding hydrogens is 381 g/mol. The molecule has 4 nitrogen and oxygen atoms in total. The third kappa shape index (κ3) is 3.97. The molecule has 0 N–H and O–H groups in total. The zero-order valence-corrected chi connectivity index (χ0v) is 15.1. The van der Waals surface area contributed by atoms with Crippen LogP contribution in [0.15, 0.2) is 78.9 Å². The fourth-order valence-corrected chi connectivity index (χ4v) is 3.36. The maximum atomic E-state index is 13.1. The number of alkyl halides is 3. The maximum Gasteiger partial charge on any atom is 0.416 e. The first-order valence-corrected chi connectivity index (χ1v) is 8.65. The van der Waals surface area contributed by atoms with Gasteiger partial charge in [0.1, 0.15) is 5.41 Å². The lowest BCUT2D eigenvalue weighted by atomic mass is 9.71. The molecular formula is C22H15F3N2O2. The number of benzene rings is 3. The third-order valence-electron chi connectivity index (χ3n) is 4.75. The Morgan fingerprint density at radius 2 is 1.48 bits per heavy atom. The minimum Gasteiger partial charge on any atom is -0.258 e. The fraction of sp³-hybridized carbons (Fsp3) is 0.136. The molecule has 0 aliphatic carbocycles. The van der Waals surface area contributed by atoms with Crippen LogP contribution >= 0.6 is 0 Å². The van der Waals surface area contributed by atoms with Crippen molar-refractivity contribution in [1.29, 1.82) is 5.26 Å². The van der Waals surface area contributed by atoms with E-state index in [0.717, 1.165) is 17.7 Å². The number of halogens is 3. The standard InChI is InChI=1S/C22H15F3N2O2/c23-22(24,25)18-11-12-19(20(13-18)27(28)29)21(15-26,17-9-5-2-6-10-17)14-16-7-3-1-4-8-16/h1-13H,14H2/t21-/m0/s1. The van der Waals surface area contributed by atoms with Crippen LogP contribution in [-0.2, 0) is 18.0 Å². The number of hydrogen-bond acceptors (Lipinski definition) is 3. The van der Waals surface area contributed by atoms with Crippen molar-refractivity contribution in [2.45, 2.75) is 18.0 Å². The van der Waals surface area contributed by atoms with Crippen LogP contribution in [0, 0.1) is 21.4 Å². The first kappa shape index (κ1) is 20.1. The molecule has 0 unspecified atom stereocenters. The Morgan fingerprint density at radius 1 is 0.897 bits per heavy atom. The lowest BCUT2D eigenvalue weighted by Gasteiger charge is -2.28. The molecule has 29 heavy (non-hydrogen) atoms. The van der Waals surface area contributed by atoms with Crippen LogP contribution in [0.5, 0.6) is 0 Å². The topological polar surface area (TPSA) is 66.9 Å². The van der Waals surface area contributed by atoms with Crippen molar-refractivity contribution in [3.05, 3.63) is 111 Å². The number of rotatable bonds is 5. The largest absolute Gasteiger partial charge is 0.416 e. The molecule has 0 aliphatic rings. The van der Waals surface area contributed by atoms with Gasteiger partial charge in [-0.05, 0) is 29.7 Å². The molecule has 0 saturated heterocycles. The van der Waals surface area contributed by atoms with Crippen molar-refractivity contribution in [3.63, 3.8) is 0 Å². The van der Waals surface area contributed by atoms with Crippen molar-refractivity contribution in [2.75, 3.05) is 0 Å². The van der Waals surface area contributed by atoms with Crippen LogP contribution in [0.1, 0.15) is 22.3 Å². The molecule has 0 fully saturated rings. The monoisotopic (exact) mass is 396 g/mol. The molecule has 0 aromatic heterocycles. The van der Waals surface area contributed by atoms with Crippen molar-refractivity contribution >= 4 is 5.69 Å². The summed E-state index contributed by atoms with van der Waals surface area (Å²) in [6, 6.07) is 21.7. The Hall–Kier alpha value is -3.66. The summed E-state index contributed by atoms with van der Waals surface area (Å²) in [6.45, 7) is 0. The predicted molar refractivity (Wildman–Crippen MR) is 101 cm³/mol. The molecule has 3 rings (SSSR count). The van der Waals surface area contributed by atoms with Crippen molar-refractivity contribution in [2.24, 2.45) is 0 Å². The van der Waals surface area contributed by atoms with E-state index in [-0.39, 0.29) is 12.0 Å². The van der Waals surface area contributed by atoms with Crippen LogP contribution in [-0.4, -0.2) is 4.92 Å². The summed E-state index contributed by atoms with van der Waals surface area (Å²) >= 11 is 0. The highest BCUT2D eigenvalue weighted by atomic mass is 19.4. The van der Waals surface area contributed by atoms with E-state index < -0.39 is 27.8 Å². The van der Waals surface area contributed by atoms with Crippen molar-refractivity contribution in [1.82, 2.24) is 0 Å². The van der Waals surface area contributed by atoms with Crippen LogP contribution in [0.2, 0.25) is 0 Å². The van der Waals surface area contributed by atoms with Gasteiger partial charge in [-0.2, -0.15) is 18.4 Å². The molecule has 1 atom stereocenters. The summed E-state index contributed by atoms with van der Waals surface area (Å²) < 4.78 is 39.4. The van der Waals surface area contributed by atoms with E-state index in [9.17, 15) is 28.5 Å². The molecule has 0 spiro atoms. The minimum atomic E-state index is -4.73. The lowest BCUT2D eigenvalue weighted by molar-refractivity contribution is -0.386. The van der Waals surface area contributed by atoms with Gasteiger partial charge in [0.25, 0.3) is 5.69 Å². The van der Waals surface area contributed by atoms with Gasteiger partial charge >= 0.3 is 6.18 Å². The Kier molecular flexibility index (Phi) is 5.37. The van der Waals surface area contributed by atoms with Gasteiger partial charge < -0.3 is 0 Å². The smallest absolute Gasteiger partial charge is 0.258 e. The van der Waals surface area contributed by atoms with E-state index in [4.69, 9.17) is 0 Å². The second kappa shape index (κ2) is 7.76. The molecule has 3 aromatic carbocycles. The highest BCUT2D eigenvalue weighted by Crippen LogP contribution is 2.42. The van der Waals surface area contributed by atoms with Crippen LogP contribution in [0.4, 0.5) is 18.9 Å². The van der Waals surface area contributed by atoms with Gasteiger partial charge in [-0.25, -0.2) is 0 Å². The molecule has 3 aromatic rings. The van der Waals surface area contributed by atoms with Crippen LogP contribution in [0.25, 0.3) is 0 Å². The summed E-state index contributed by atoms with van der Waals surface area (Å²) in [5, 5.41) is 21.9. The maximum absolute atomic E-state index is 13.1. The first-order chi connectivity index (χ1) is 13.8. The summed E-state index contributed by atoms with van der Waals surface area (Å²) in [6.07, 6.45) is -4.66. The normalized spacial score (nSPS) is 13.3. The van der Waals surface area contributed by atoms with Gasteiger partial charge in [0, 0.05) is 6.07 Å². The number of nitro benzene ring substituents is 1. The van der Waals surface area contributed by atoms with Crippen molar-refractivity contribution in [3.8, 4) is 6.07 Å². The summed E-state index contributed by atoms with van der Waals surface area (Å²) in [4.78, 5) is 10.8. The molecule has 0 heterocycles. The van der Waals surface area contributed by atoms with E-state index in [1.165, 1.54) is 0 Å². The Morgan fingerprint density at radius 3 is 2.00 bits per heavy atom. The average molecular weight is 396 g/mol. The average Bonchev–Trinajstić information content (AvgIpc) is 2.72. The molecule has 0 aliphatic heterocycles. The second-order valence-corrected chi connectivity index (χ2v) is 6.53. The van der Waals surface area contributed by atoms with E-state index in [1.807, 2.05) is 0 Å². The fourth-order valence-electron chi connectivity index (χ4n) is 3.36. The van der Waals surface area contributed by atoms with Crippen LogP contribution in [0.3, 0.4) is 0 Å². The molecule has 146 valence electrons. The van der Waals surface area contributed by atoms with E-state index in [1.54, 1.807) is 60.7 Å². The van der Waals surface area contributed by atoms with Gasteiger partial charge in [-0.3, -0.25) is 10.1 Å². The molecule has 7 heteroatoms. The van der Waals surface area contributed by atoms with Gasteiger partial charge in [-0.15, -0.1) is 0 Å². The SMILES string of the molecule is N#C[C@@](Cc1ccccc1)(c1ccccc1)c1ccc(C(F)(F)F)cc1[N+](=O)[O-]. The number of nitrogens with zero attached hydrogens (tertiary/aromatic N) is 2. The molecule has 0 radical (unpaired) electrons. The second-order valence-electron chi connectivity index (χ2n) is 6.53. The molecule has 0 bridgehead atoms. The lowest BCUT2D eigenvalue weighted by Crippen LogP contribution is -2.30. The molecule has 0 saturated carbocycles. The number of nitriles is 1. The zero-order chi connectivity index (χ0) is 21.1. The van der Waals surface area contributed by atoms with E-state index in [2.05, 4.69) is 6.07 Å². The highest BCUT2D eigenvalue weighted by Gasteiger charge is 2.42. The van der Waals surface area contributed by atoms with Crippen LogP contribution < -0.4 is 0 Å². The minimum absolute atomic E-state index is 0.0700. The van der Waals surface area contributed by atoms with Gasteiger partial charge in [0.2, 0.25) is 0 Å². The van der Waals surface area contributed by atoms with Gasteiger partial charge in [0.15, 0.2) is 0 Å². The number of hydrogen-bond donors (Lipinski definition) is 0. The first-order valence-electron chi connectivity index (χ1n) is 8.65. The van der Waals surface area contributed by atoms with Gasteiger partial charge in [0.05, 0.1) is 22.1 Å². The van der Waals surface area contributed by atoms with E-state index >= 15 is 0 Å². The zero-order valence-electron chi connectivity index (χ0n) is 15.1. The Labute approximate surface area is 165 Å².